The smallest absolute Gasteiger partial charge is 0.264 e. The summed E-state index contributed by atoms with van der Waals surface area (Å²) in [6, 6.07) is 0. The van der Waals surface area contributed by atoms with Gasteiger partial charge < -0.3 is 0 Å². The minimum atomic E-state index is -3.66. The van der Waals surface area contributed by atoms with Crippen LogP contribution < -0.4 is 0 Å². The Morgan fingerprint density at radius 3 is 1.71 bits per heavy atom. The van der Waals surface area contributed by atoms with Gasteiger partial charge in [-0.1, -0.05) is 0 Å². The summed E-state index contributed by atoms with van der Waals surface area (Å²) in [6.07, 6.45) is 0. The molecule has 5 heteroatoms. The third kappa shape index (κ3) is 10.7. The molecule has 0 saturated carbocycles. The van der Waals surface area contributed by atoms with Crippen LogP contribution in [0, 0.1) is 0 Å². The van der Waals surface area contributed by atoms with Gasteiger partial charge in [-0.05, 0) is 6.92 Å². The lowest BCUT2D eigenvalue weighted by Gasteiger charge is -1.79. The molecule has 3 nitrogen and oxygen atoms in total. The van der Waals surface area contributed by atoms with Crippen LogP contribution in [0.5, 0.6) is 0 Å². The highest BCUT2D eigenvalue weighted by molar-refractivity contribution is 7.85. The van der Waals surface area contributed by atoms with E-state index in [1.165, 1.54) is 6.92 Å². The highest BCUT2D eigenvalue weighted by Gasteiger charge is 1.93. The van der Waals surface area contributed by atoms with E-state index < -0.39 is 10.1 Å². The summed E-state index contributed by atoms with van der Waals surface area (Å²) in [7, 11) is -3.66. The molecule has 0 aliphatic carbocycles. The molecular weight excluding hydrogens is 136 g/mol. The molecule has 0 saturated heterocycles. The lowest BCUT2D eigenvalue weighted by Crippen LogP contribution is -1.97. The second-order valence-corrected chi connectivity index (χ2v) is 2.61. The summed E-state index contributed by atoms with van der Waals surface area (Å²) in [5.41, 5.74) is 0. The third-order valence-electron chi connectivity index (χ3n) is 0.365. The molecule has 0 amide bonds. The Labute approximate surface area is 49.9 Å². The van der Waals surface area contributed by atoms with E-state index in [1.54, 1.807) is 0 Å². The Morgan fingerprint density at radius 1 is 1.57 bits per heavy atom. The van der Waals surface area contributed by atoms with Crippen molar-refractivity contribution in [3.05, 3.63) is 0 Å². The van der Waals surface area contributed by atoms with Crippen molar-refractivity contribution in [3.63, 3.8) is 0 Å². The fourth-order valence-corrected chi connectivity index (χ4v) is 0. The molecule has 7 heavy (non-hydrogen) atoms. The molecule has 0 fully saturated rings. The van der Waals surface area contributed by atoms with E-state index in [-0.39, 0.29) is 19.2 Å². The number of hydrogen-bond donors (Lipinski definition) is 1. The molecule has 1 N–H and O–H groups in total. The number of rotatable bonds is 1. The second-order valence-electron chi connectivity index (χ2n) is 0.871. The van der Waals surface area contributed by atoms with Gasteiger partial charge in [0.1, 0.15) is 0 Å². The van der Waals surface area contributed by atoms with Gasteiger partial charge in [-0.15, -0.1) is 0 Å². The molecule has 0 heterocycles. The molecular formula is C2H8O3S2. The van der Waals surface area contributed by atoms with Gasteiger partial charge in [0.05, 0.1) is 5.75 Å². The molecule has 46 valence electrons. The maximum atomic E-state index is 9.56. The van der Waals surface area contributed by atoms with Crippen molar-refractivity contribution in [2.24, 2.45) is 0 Å². The Morgan fingerprint density at radius 2 is 1.71 bits per heavy atom. The fourth-order valence-electron chi connectivity index (χ4n) is 0. The first-order valence-corrected chi connectivity index (χ1v) is 3.12. The molecule has 0 bridgehead atoms. The average molecular weight is 144 g/mol. The minimum Gasteiger partial charge on any atom is -0.286 e. The molecule has 0 spiro atoms. The molecule has 0 atom stereocenters. The topological polar surface area (TPSA) is 54.4 Å². The SMILES string of the molecule is CCS(=O)(=O)O.S. The summed E-state index contributed by atoms with van der Waals surface area (Å²) in [5.74, 6) is -0.201. The molecule has 0 aliphatic heterocycles. The van der Waals surface area contributed by atoms with Crippen molar-refractivity contribution in [3.8, 4) is 0 Å². The maximum Gasteiger partial charge on any atom is 0.264 e. The summed E-state index contributed by atoms with van der Waals surface area (Å²) in [4.78, 5) is 0. The zero-order chi connectivity index (χ0) is 5.21. The molecule has 0 rings (SSSR count). The van der Waals surface area contributed by atoms with Gasteiger partial charge in [0.15, 0.2) is 0 Å². The quantitative estimate of drug-likeness (QED) is 0.527. The van der Waals surface area contributed by atoms with Crippen molar-refractivity contribution in [1.29, 1.82) is 0 Å². The van der Waals surface area contributed by atoms with Crippen LogP contribution in [0.3, 0.4) is 0 Å². The van der Waals surface area contributed by atoms with Crippen LogP contribution in [0.1, 0.15) is 6.92 Å². The van der Waals surface area contributed by atoms with E-state index in [9.17, 15) is 8.42 Å². The van der Waals surface area contributed by atoms with E-state index in [2.05, 4.69) is 0 Å². The van der Waals surface area contributed by atoms with Gasteiger partial charge in [-0.25, -0.2) is 0 Å². The Kier molecular flexibility index (Phi) is 4.83. The molecule has 0 unspecified atom stereocenters. The van der Waals surface area contributed by atoms with Crippen molar-refractivity contribution in [1.82, 2.24) is 0 Å². The van der Waals surface area contributed by atoms with Crippen LogP contribution in [-0.2, 0) is 10.1 Å². The fraction of sp³-hybridized carbons (Fsp3) is 1.00. The van der Waals surface area contributed by atoms with Crippen LogP contribution in [0.25, 0.3) is 0 Å². The van der Waals surface area contributed by atoms with E-state index in [4.69, 9.17) is 4.55 Å². The van der Waals surface area contributed by atoms with E-state index >= 15 is 0 Å². The Bertz CT molecular complexity index is 113. The van der Waals surface area contributed by atoms with Gasteiger partial charge in [-0.2, -0.15) is 21.9 Å². The van der Waals surface area contributed by atoms with Crippen LogP contribution >= 0.6 is 13.5 Å². The first kappa shape index (κ1) is 10.3. The van der Waals surface area contributed by atoms with Gasteiger partial charge >= 0.3 is 0 Å². The summed E-state index contributed by atoms with van der Waals surface area (Å²) >= 11 is 0. The zero-order valence-electron chi connectivity index (χ0n) is 3.88. The van der Waals surface area contributed by atoms with Crippen molar-refractivity contribution < 1.29 is 13.0 Å². The van der Waals surface area contributed by atoms with Crippen LogP contribution in [0.15, 0.2) is 0 Å². The van der Waals surface area contributed by atoms with Gasteiger partial charge in [0.2, 0.25) is 0 Å². The predicted molar refractivity (Wildman–Crippen MR) is 32.5 cm³/mol. The minimum absolute atomic E-state index is 0. The first-order chi connectivity index (χ1) is 2.56. The number of hydrogen-bond acceptors (Lipinski definition) is 2. The van der Waals surface area contributed by atoms with Crippen LogP contribution in [0.4, 0.5) is 0 Å². The Hall–Kier alpha value is 0.260. The third-order valence-corrected chi connectivity index (χ3v) is 1.09. The van der Waals surface area contributed by atoms with Crippen LogP contribution in [0.2, 0.25) is 0 Å². The van der Waals surface area contributed by atoms with E-state index in [0.29, 0.717) is 0 Å². The van der Waals surface area contributed by atoms with Gasteiger partial charge in [-0.3, -0.25) is 4.55 Å². The van der Waals surface area contributed by atoms with Crippen molar-refractivity contribution in [2.45, 2.75) is 6.92 Å². The zero-order valence-corrected chi connectivity index (χ0v) is 5.70. The maximum absolute atomic E-state index is 9.56. The monoisotopic (exact) mass is 144 g/mol. The van der Waals surface area contributed by atoms with Gasteiger partial charge in [0.25, 0.3) is 10.1 Å². The standard InChI is InChI=1S/C2H6O3S.H2S/c1-2-6(3,4)5;/h2H2,1H3,(H,3,4,5);1H2. The average Bonchev–Trinajstić information content (AvgIpc) is 1.35. The lowest BCUT2D eigenvalue weighted by atomic mass is 11.0. The largest absolute Gasteiger partial charge is 0.286 e. The lowest BCUT2D eigenvalue weighted by molar-refractivity contribution is 0.484. The molecule has 0 aromatic heterocycles. The predicted octanol–water partition coefficient (Wildman–Crippen LogP) is 0.00690. The van der Waals surface area contributed by atoms with Crippen molar-refractivity contribution in [2.75, 3.05) is 5.75 Å². The normalized spacial score (nSPS) is 10.0. The second kappa shape index (κ2) is 3.29. The van der Waals surface area contributed by atoms with Crippen molar-refractivity contribution >= 4 is 23.6 Å². The molecule has 0 aromatic rings. The summed E-state index contributed by atoms with van der Waals surface area (Å²) in [6.45, 7) is 1.37. The van der Waals surface area contributed by atoms with Crippen LogP contribution in [-0.4, -0.2) is 18.7 Å². The summed E-state index contributed by atoms with van der Waals surface area (Å²) in [5, 5.41) is 0. The van der Waals surface area contributed by atoms with Gasteiger partial charge in [0, 0.05) is 0 Å². The molecule has 0 radical (unpaired) electrons. The highest BCUT2D eigenvalue weighted by Crippen LogP contribution is 1.74. The highest BCUT2D eigenvalue weighted by atomic mass is 32.2. The molecule has 0 aromatic carbocycles. The first-order valence-electron chi connectivity index (χ1n) is 1.51. The Balaban J connectivity index is 0. The van der Waals surface area contributed by atoms with E-state index in [1.807, 2.05) is 0 Å². The van der Waals surface area contributed by atoms with E-state index in [0.717, 1.165) is 0 Å². The molecule has 0 aliphatic rings. The summed E-state index contributed by atoms with van der Waals surface area (Å²) < 4.78 is 26.9.